The first kappa shape index (κ1) is 12.7. The van der Waals surface area contributed by atoms with Crippen LogP contribution in [0.4, 0.5) is 10.1 Å². The molecule has 96 valence electrons. The topological polar surface area (TPSA) is 76.3 Å². The average Bonchev–Trinajstić information content (AvgIpc) is 2.39. The number of nitrogens with one attached hydrogen (secondary N) is 1. The van der Waals surface area contributed by atoms with Crippen LogP contribution >= 0.6 is 0 Å². The van der Waals surface area contributed by atoms with Crippen molar-refractivity contribution in [2.45, 2.75) is 6.54 Å². The van der Waals surface area contributed by atoms with E-state index in [0.717, 1.165) is 6.07 Å². The first-order valence-electron chi connectivity index (χ1n) is 5.54. The summed E-state index contributed by atoms with van der Waals surface area (Å²) in [6.45, 7) is 0.203. The molecule has 0 spiro atoms. The first-order valence-corrected chi connectivity index (χ1v) is 5.54. The number of benzene rings is 2. The van der Waals surface area contributed by atoms with Crippen LogP contribution in [0.2, 0.25) is 0 Å². The van der Waals surface area contributed by atoms with Gasteiger partial charge >= 0.3 is 0 Å². The zero-order chi connectivity index (χ0) is 13.8. The van der Waals surface area contributed by atoms with Crippen LogP contribution in [0.3, 0.4) is 0 Å². The fraction of sp³-hybridized carbons (Fsp3) is 0.0714. The number of rotatable bonds is 3. The van der Waals surface area contributed by atoms with Crippen LogP contribution in [0, 0.1) is 17.1 Å². The van der Waals surface area contributed by atoms with E-state index in [4.69, 9.17) is 10.4 Å². The van der Waals surface area contributed by atoms with Gasteiger partial charge < -0.3 is 15.5 Å². The van der Waals surface area contributed by atoms with Gasteiger partial charge in [0.15, 0.2) is 0 Å². The molecular formula is C14H11FN2O2. The minimum atomic E-state index is -0.530. The van der Waals surface area contributed by atoms with Gasteiger partial charge in [-0.2, -0.15) is 5.26 Å². The van der Waals surface area contributed by atoms with Crippen molar-refractivity contribution in [1.82, 2.24) is 0 Å². The van der Waals surface area contributed by atoms with Gasteiger partial charge in [-0.3, -0.25) is 0 Å². The van der Waals surface area contributed by atoms with E-state index in [1.165, 1.54) is 24.3 Å². The molecule has 0 aliphatic rings. The normalized spacial score (nSPS) is 9.89. The van der Waals surface area contributed by atoms with E-state index in [0.29, 0.717) is 5.56 Å². The van der Waals surface area contributed by atoms with E-state index in [-0.39, 0.29) is 29.3 Å². The molecule has 2 rings (SSSR count). The molecule has 0 bridgehead atoms. The van der Waals surface area contributed by atoms with Gasteiger partial charge in [-0.1, -0.05) is 0 Å². The fourth-order valence-corrected chi connectivity index (χ4v) is 1.62. The Kier molecular flexibility index (Phi) is 3.53. The Bertz CT molecular complexity index is 650. The molecular weight excluding hydrogens is 247 g/mol. The Morgan fingerprint density at radius 3 is 2.58 bits per heavy atom. The lowest BCUT2D eigenvalue weighted by Crippen LogP contribution is -2.01. The van der Waals surface area contributed by atoms with Gasteiger partial charge in [0.2, 0.25) is 0 Å². The second kappa shape index (κ2) is 5.27. The van der Waals surface area contributed by atoms with Gasteiger partial charge in [0.1, 0.15) is 17.3 Å². The summed E-state index contributed by atoms with van der Waals surface area (Å²) in [5.74, 6) is -0.635. The van der Waals surface area contributed by atoms with Crippen LogP contribution in [-0.2, 0) is 6.54 Å². The Balaban J connectivity index is 2.13. The van der Waals surface area contributed by atoms with Gasteiger partial charge in [-0.25, -0.2) is 4.39 Å². The third-order valence-electron chi connectivity index (χ3n) is 2.64. The van der Waals surface area contributed by atoms with Crippen LogP contribution < -0.4 is 5.32 Å². The highest BCUT2D eigenvalue weighted by atomic mass is 19.1. The third kappa shape index (κ3) is 2.93. The number of hydrogen-bond acceptors (Lipinski definition) is 4. The lowest BCUT2D eigenvalue weighted by molar-refractivity contribution is 0.446. The lowest BCUT2D eigenvalue weighted by atomic mass is 10.1. The van der Waals surface area contributed by atoms with Gasteiger partial charge in [-0.15, -0.1) is 0 Å². The summed E-state index contributed by atoms with van der Waals surface area (Å²) >= 11 is 0. The van der Waals surface area contributed by atoms with Crippen molar-refractivity contribution in [2.24, 2.45) is 0 Å². The fourth-order valence-electron chi connectivity index (χ4n) is 1.62. The molecule has 0 heterocycles. The summed E-state index contributed by atoms with van der Waals surface area (Å²) in [6.07, 6.45) is 0. The highest BCUT2D eigenvalue weighted by molar-refractivity contribution is 5.50. The maximum Gasteiger partial charge on any atom is 0.147 e. The average molecular weight is 258 g/mol. The number of anilines is 1. The largest absolute Gasteiger partial charge is 0.508 e. The standard InChI is InChI=1S/C14H11FN2O2/c15-12-5-9(7-16)1-4-13(12)17-8-10-2-3-11(18)6-14(10)19/h1-6,17-19H,8H2. The van der Waals surface area contributed by atoms with Gasteiger partial charge in [0, 0.05) is 18.2 Å². The van der Waals surface area contributed by atoms with Gasteiger partial charge in [0.05, 0.1) is 17.3 Å². The van der Waals surface area contributed by atoms with Crippen LogP contribution in [-0.4, -0.2) is 10.2 Å². The van der Waals surface area contributed by atoms with E-state index in [2.05, 4.69) is 5.32 Å². The third-order valence-corrected chi connectivity index (χ3v) is 2.64. The molecule has 2 aromatic rings. The molecule has 0 unspecified atom stereocenters. The maximum atomic E-state index is 13.6. The van der Waals surface area contributed by atoms with Gasteiger partial charge in [-0.05, 0) is 30.3 Å². The van der Waals surface area contributed by atoms with E-state index in [9.17, 15) is 9.50 Å². The van der Waals surface area contributed by atoms with E-state index < -0.39 is 5.82 Å². The molecule has 0 radical (unpaired) electrons. The van der Waals surface area contributed by atoms with Crippen LogP contribution in [0.5, 0.6) is 11.5 Å². The summed E-state index contributed by atoms with van der Waals surface area (Å²) in [6, 6.07) is 10.1. The molecule has 4 nitrogen and oxygen atoms in total. The monoisotopic (exact) mass is 258 g/mol. The van der Waals surface area contributed by atoms with Gasteiger partial charge in [0.25, 0.3) is 0 Å². The molecule has 0 atom stereocenters. The highest BCUT2D eigenvalue weighted by Gasteiger charge is 2.06. The van der Waals surface area contributed by atoms with Crippen molar-refractivity contribution in [2.75, 3.05) is 5.32 Å². The predicted molar refractivity (Wildman–Crippen MR) is 68.2 cm³/mol. The summed E-state index contributed by atoms with van der Waals surface area (Å²) < 4.78 is 13.6. The molecule has 3 N–H and O–H groups in total. The molecule has 0 aliphatic carbocycles. The van der Waals surface area contributed by atoms with E-state index in [1.807, 2.05) is 6.07 Å². The van der Waals surface area contributed by atoms with Crippen molar-refractivity contribution in [3.63, 3.8) is 0 Å². The Morgan fingerprint density at radius 2 is 1.95 bits per heavy atom. The minimum absolute atomic E-state index is 0.0363. The molecule has 0 aromatic heterocycles. The van der Waals surface area contributed by atoms with Crippen molar-refractivity contribution in [3.05, 3.63) is 53.3 Å². The number of aromatic hydroxyl groups is 2. The Labute approximate surface area is 109 Å². The SMILES string of the molecule is N#Cc1ccc(NCc2ccc(O)cc2O)c(F)c1. The smallest absolute Gasteiger partial charge is 0.147 e. The molecule has 5 heteroatoms. The minimum Gasteiger partial charge on any atom is -0.508 e. The van der Waals surface area contributed by atoms with E-state index >= 15 is 0 Å². The van der Waals surface area contributed by atoms with Crippen molar-refractivity contribution < 1.29 is 14.6 Å². The molecule has 0 amide bonds. The molecule has 19 heavy (non-hydrogen) atoms. The second-order valence-electron chi connectivity index (χ2n) is 3.97. The second-order valence-corrected chi connectivity index (χ2v) is 3.97. The molecule has 0 aliphatic heterocycles. The summed E-state index contributed by atoms with van der Waals surface area (Å²) in [7, 11) is 0. The molecule has 0 fully saturated rings. The van der Waals surface area contributed by atoms with Crippen LogP contribution in [0.15, 0.2) is 36.4 Å². The molecule has 0 saturated heterocycles. The number of phenols is 2. The molecule has 2 aromatic carbocycles. The predicted octanol–water partition coefficient (Wildman–Crippen LogP) is 2.72. The van der Waals surface area contributed by atoms with Crippen molar-refractivity contribution >= 4 is 5.69 Å². The number of hydrogen-bond donors (Lipinski definition) is 3. The summed E-state index contributed by atoms with van der Waals surface area (Å²) in [5.41, 5.74) is 1.02. The summed E-state index contributed by atoms with van der Waals surface area (Å²) in [5, 5.41) is 30.2. The van der Waals surface area contributed by atoms with Crippen LogP contribution in [0.1, 0.15) is 11.1 Å². The number of nitriles is 1. The van der Waals surface area contributed by atoms with Crippen molar-refractivity contribution in [1.29, 1.82) is 5.26 Å². The summed E-state index contributed by atoms with van der Waals surface area (Å²) in [4.78, 5) is 0. The molecule has 0 saturated carbocycles. The maximum absolute atomic E-state index is 13.6. The zero-order valence-electron chi connectivity index (χ0n) is 9.89. The Hall–Kier alpha value is -2.74. The van der Waals surface area contributed by atoms with Crippen LogP contribution in [0.25, 0.3) is 0 Å². The number of halogens is 1. The first-order chi connectivity index (χ1) is 9.10. The van der Waals surface area contributed by atoms with Crippen molar-refractivity contribution in [3.8, 4) is 17.6 Å². The number of phenolic OH excluding ortho intramolecular Hbond substituents is 2. The lowest BCUT2D eigenvalue weighted by Gasteiger charge is -2.09. The zero-order valence-corrected chi connectivity index (χ0v) is 9.89. The quantitative estimate of drug-likeness (QED) is 0.791. The van der Waals surface area contributed by atoms with E-state index in [1.54, 1.807) is 6.07 Å². The highest BCUT2D eigenvalue weighted by Crippen LogP contribution is 2.24. The Morgan fingerprint density at radius 1 is 1.16 bits per heavy atom. The number of nitrogens with zero attached hydrogens (tertiary/aromatic N) is 1.